The number of nitrogens with one attached hydrogen (secondary N) is 2. The zero-order valence-electron chi connectivity index (χ0n) is 10.9. The lowest BCUT2D eigenvalue weighted by Crippen LogP contribution is -2.38. The number of aliphatic carboxylic acids is 1. The maximum atomic E-state index is 11.3. The van der Waals surface area contributed by atoms with Crippen LogP contribution in [0.15, 0.2) is 0 Å². The Morgan fingerprint density at radius 2 is 1.83 bits per heavy atom. The van der Waals surface area contributed by atoms with Gasteiger partial charge in [-0.05, 0) is 18.8 Å². The number of carboxylic acid groups (broad SMARTS) is 1. The van der Waals surface area contributed by atoms with Gasteiger partial charge in [-0.25, -0.2) is 4.79 Å². The van der Waals surface area contributed by atoms with Crippen LogP contribution in [-0.2, 0) is 15.6 Å². The van der Waals surface area contributed by atoms with Gasteiger partial charge in [0.1, 0.15) is 0 Å². The molecule has 0 rings (SSSR count). The average Bonchev–Trinajstić information content (AvgIpc) is 2.25. The summed E-state index contributed by atoms with van der Waals surface area (Å²) >= 11 is 0. The summed E-state index contributed by atoms with van der Waals surface area (Å²) in [6, 6.07) is -0.272. The average molecular weight is 278 g/mol. The molecule has 2 amide bonds. The summed E-state index contributed by atoms with van der Waals surface area (Å²) in [6.07, 6.45) is 3.12. The van der Waals surface area contributed by atoms with Crippen molar-refractivity contribution in [1.29, 1.82) is 0 Å². The number of hydrogen-bond acceptors (Lipinski definition) is 3. The van der Waals surface area contributed by atoms with Gasteiger partial charge in [0, 0.05) is 42.3 Å². The molecule has 0 spiro atoms. The summed E-state index contributed by atoms with van der Waals surface area (Å²) in [5.74, 6) is -0.0766. The van der Waals surface area contributed by atoms with E-state index in [-0.39, 0.29) is 18.4 Å². The first kappa shape index (κ1) is 16.9. The largest absolute Gasteiger partial charge is 0.481 e. The van der Waals surface area contributed by atoms with Crippen molar-refractivity contribution in [2.24, 2.45) is 5.92 Å². The number of urea groups is 1. The van der Waals surface area contributed by atoms with Crippen LogP contribution < -0.4 is 10.6 Å². The maximum absolute atomic E-state index is 11.3. The van der Waals surface area contributed by atoms with Gasteiger partial charge in [-0.2, -0.15) is 0 Å². The van der Waals surface area contributed by atoms with Crippen LogP contribution in [0.2, 0.25) is 0 Å². The molecule has 0 aromatic rings. The van der Waals surface area contributed by atoms with E-state index in [0.717, 1.165) is 6.42 Å². The smallest absolute Gasteiger partial charge is 0.314 e. The highest BCUT2D eigenvalue weighted by Gasteiger charge is 2.06. The Balaban J connectivity index is 3.49. The minimum Gasteiger partial charge on any atom is -0.481 e. The normalized spacial score (nSPS) is 13.7. The van der Waals surface area contributed by atoms with Crippen LogP contribution in [-0.4, -0.2) is 46.4 Å². The van der Waals surface area contributed by atoms with E-state index in [1.165, 1.54) is 0 Å². The number of amides is 2. The molecule has 7 heteroatoms. The molecule has 0 radical (unpaired) electrons. The summed E-state index contributed by atoms with van der Waals surface area (Å²) in [4.78, 5) is 21.6. The Bertz CT molecular complexity index is 297. The van der Waals surface area contributed by atoms with Crippen LogP contribution in [0.25, 0.3) is 0 Å². The monoisotopic (exact) mass is 278 g/mol. The number of carboxylic acids is 1. The predicted octanol–water partition coefficient (Wildman–Crippen LogP) is 0.555. The fourth-order valence-corrected chi connectivity index (χ4v) is 1.71. The Morgan fingerprint density at radius 1 is 1.22 bits per heavy atom. The van der Waals surface area contributed by atoms with Crippen molar-refractivity contribution >= 4 is 22.8 Å². The van der Waals surface area contributed by atoms with Crippen LogP contribution in [0.5, 0.6) is 0 Å². The van der Waals surface area contributed by atoms with Gasteiger partial charge in [-0.15, -0.1) is 0 Å². The van der Waals surface area contributed by atoms with Crippen LogP contribution in [0.3, 0.4) is 0 Å². The van der Waals surface area contributed by atoms with Gasteiger partial charge in [0.15, 0.2) is 0 Å². The first-order chi connectivity index (χ1) is 8.41. The first-order valence-electron chi connectivity index (χ1n) is 5.95. The molecule has 0 saturated carbocycles. The van der Waals surface area contributed by atoms with E-state index >= 15 is 0 Å². The number of carbonyl (C=O) groups excluding carboxylic acids is 1. The standard InChI is InChI=1S/C11H22N2O4S/c1-9(3-4-10(14)15)5-6-12-11(16)13-7-8-18(2)17/h9H,3-8H2,1-2H3,(H,14,15)(H2,12,13,16). The molecule has 2 atom stereocenters. The lowest BCUT2D eigenvalue weighted by atomic mass is 10.0. The molecule has 0 aromatic carbocycles. The van der Waals surface area contributed by atoms with Crippen molar-refractivity contribution in [3.63, 3.8) is 0 Å². The van der Waals surface area contributed by atoms with Crippen molar-refractivity contribution in [2.45, 2.75) is 26.2 Å². The molecule has 106 valence electrons. The van der Waals surface area contributed by atoms with E-state index in [2.05, 4.69) is 10.6 Å². The van der Waals surface area contributed by atoms with E-state index in [0.29, 0.717) is 25.3 Å². The highest BCUT2D eigenvalue weighted by molar-refractivity contribution is 7.84. The van der Waals surface area contributed by atoms with Gasteiger partial charge in [0.2, 0.25) is 0 Å². The van der Waals surface area contributed by atoms with Crippen molar-refractivity contribution in [2.75, 3.05) is 25.1 Å². The molecule has 0 aliphatic heterocycles. The van der Waals surface area contributed by atoms with Gasteiger partial charge < -0.3 is 15.7 Å². The topological polar surface area (TPSA) is 95.5 Å². The molecular weight excluding hydrogens is 256 g/mol. The molecule has 3 N–H and O–H groups in total. The van der Waals surface area contributed by atoms with Crippen LogP contribution in [0.4, 0.5) is 4.79 Å². The first-order valence-corrected chi connectivity index (χ1v) is 7.68. The van der Waals surface area contributed by atoms with Gasteiger partial charge in [-0.3, -0.25) is 9.00 Å². The van der Waals surface area contributed by atoms with Crippen LogP contribution in [0, 0.1) is 5.92 Å². The summed E-state index contributed by atoms with van der Waals surface area (Å²) in [7, 11) is -0.900. The zero-order valence-corrected chi connectivity index (χ0v) is 11.7. The molecule has 0 aliphatic rings. The number of carbonyl (C=O) groups is 2. The summed E-state index contributed by atoms with van der Waals surface area (Å²) in [5.41, 5.74) is 0. The second kappa shape index (κ2) is 9.87. The van der Waals surface area contributed by atoms with E-state index < -0.39 is 16.8 Å². The van der Waals surface area contributed by atoms with E-state index in [9.17, 15) is 13.8 Å². The van der Waals surface area contributed by atoms with E-state index in [1.807, 2.05) is 6.92 Å². The number of rotatable bonds is 9. The minimum absolute atomic E-state index is 0.162. The lowest BCUT2D eigenvalue weighted by Gasteiger charge is -2.11. The third-order valence-electron chi connectivity index (χ3n) is 2.45. The molecule has 0 bridgehead atoms. The Hall–Kier alpha value is -1.11. The van der Waals surface area contributed by atoms with E-state index in [1.54, 1.807) is 6.26 Å². The fraction of sp³-hybridized carbons (Fsp3) is 0.818. The lowest BCUT2D eigenvalue weighted by molar-refractivity contribution is -0.137. The Morgan fingerprint density at radius 3 is 2.39 bits per heavy atom. The molecule has 0 fully saturated rings. The second-order valence-corrected chi connectivity index (χ2v) is 5.84. The molecule has 6 nitrogen and oxygen atoms in total. The molecule has 0 saturated heterocycles. The van der Waals surface area contributed by atoms with Crippen molar-refractivity contribution < 1.29 is 18.9 Å². The SMILES string of the molecule is CC(CCNC(=O)NCCS(C)=O)CCC(=O)O. The van der Waals surface area contributed by atoms with Crippen molar-refractivity contribution in [3.8, 4) is 0 Å². The zero-order chi connectivity index (χ0) is 14.0. The molecule has 0 aromatic heterocycles. The van der Waals surface area contributed by atoms with Crippen molar-refractivity contribution in [3.05, 3.63) is 0 Å². The third kappa shape index (κ3) is 11.4. The quantitative estimate of drug-likeness (QED) is 0.574. The van der Waals surface area contributed by atoms with Gasteiger partial charge >= 0.3 is 12.0 Å². The highest BCUT2D eigenvalue weighted by atomic mass is 32.2. The maximum Gasteiger partial charge on any atom is 0.314 e. The van der Waals surface area contributed by atoms with Crippen LogP contribution >= 0.6 is 0 Å². The minimum atomic E-state index is -0.900. The van der Waals surface area contributed by atoms with Crippen LogP contribution in [0.1, 0.15) is 26.2 Å². The fourth-order valence-electron chi connectivity index (χ4n) is 1.32. The van der Waals surface area contributed by atoms with Gasteiger partial charge in [-0.1, -0.05) is 6.92 Å². The van der Waals surface area contributed by atoms with Crippen molar-refractivity contribution in [1.82, 2.24) is 10.6 Å². The number of hydrogen-bond donors (Lipinski definition) is 3. The summed E-state index contributed by atoms with van der Waals surface area (Å²) in [6.45, 7) is 2.87. The van der Waals surface area contributed by atoms with Gasteiger partial charge in [0.05, 0.1) is 0 Å². The summed E-state index contributed by atoms with van der Waals surface area (Å²) in [5, 5.41) is 13.8. The molecule has 18 heavy (non-hydrogen) atoms. The highest BCUT2D eigenvalue weighted by Crippen LogP contribution is 2.08. The molecular formula is C11H22N2O4S. The predicted molar refractivity (Wildman–Crippen MR) is 71.0 cm³/mol. The Labute approximate surface area is 110 Å². The third-order valence-corrected chi connectivity index (χ3v) is 3.23. The van der Waals surface area contributed by atoms with E-state index in [4.69, 9.17) is 5.11 Å². The second-order valence-electron chi connectivity index (χ2n) is 4.29. The molecule has 0 heterocycles. The molecule has 2 unspecified atom stereocenters. The Kier molecular flexibility index (Phi) is 9.26. The summed E-state index contributed by atoms with van der Waals surface area (Å²) < 4.78 is 10.7. The molecule has 0 aliphatic carbocycles. The van der Waals surface area contributed by atoms with Gasteiger partial charge in [0.25, 0.3) is 0 Å².